The van der Waals surface area contributed by atoms with Gasteiger partial charge in [-0.15, -0.1) is 0 Å². The van der Waals surface area contributed by atoms with Crippen LogP contribution in [0.2, 0.25) is 10.0 Å². The standard InChI is InChI=1S/C12H13Cl2NO/c1-12(2,8-15)5-6-16-11-7-9(13)3-4-10(11)14/h3-4,7H,5-6H2,1-2H3. The Kier molecular flexibility index (Phi) is 4.46. The highest BCUT2D eigenvalue weighted by molar-refractivity contribution is 6.34. The molecule has 0 spiro atoms. The van der Waals surface area contributed by atoms with Gasteiger partial charge in [0, 0.05) is 11.1 Å². The number of nitriles is 1. The summed E-state index contributed by atoms with van der Waals surface area (Å²) in [5.41, 5.74) is -0.384. The van der Waals surface area contributed by atoms with Crippen LogP contribution in [0.25, 0.3) is 0 Å². The summed E-state index contributed by atoms with van der Waals surface area (Å²) in [4.78, 5) is 0. The molecule has 0 aliphatic rings. The van der Waals surface area contributed by atoms with E-state index in [-0.39, 0.29) is 5.41 Å². The van der Waals surface area contributed by atoms with E-state index in [1.165, 1.54) is 0 Å². The lowest BCUT2D eigenvalue weighted by Crippen LogP contribution is -2.13. The number of nitrogens with zero attached hydrogens (tertiary/aromatic N) is 1. The SMILES string of the molecule is CC(C)(C#N)CCOc1cc(Cl)ccc1Cl. The Balaban J connectivity index is 2.56. The molecule has 0 unspecified atom stereocenters. The summed E-state index contributed by atoms with van der Waals surface area (Å²) < 4.78 is 5.49. The zero-order valence-corrected chi connectivity index (χ0v) is 10.8. The molecule has 0 saturated heterocycles. The molecule has 0 radical (unpaired) electrons. The highest BCUT2D eigenvalue weighted by Crippen LogP contribution is 2.28. The van der Waals surface area contributed by atoms with E-state index in [2.05, 4.69) is 6.07 Å². The summed E-state index contributed by atoms with van der Waals surface area (Å²) >= 11 is 11.8. The van der Waals surface area contributed by atoms with Gasteiger partial charge < -0.3 is 4.74 Å². The Bertz CT molecular complexity index is 410. The minimum Gasteiger partial charge on any atom is -0.492 e. The molecule has 0 amide bonds. The molecule has 86 valence electrons. The number of benzene rings is 1. The molecule has 0 bridgehead atoms. The molecule has 2 nitrogen and oxygen atoms in total. The van der Waals surface area contributed by atoms with Crippen LogP contribution in [0.3, 0.4) is 0 Å². The third-order valence-corrected chi connectivity index (χ3v) is 2.73. The number of halogens is 2. The Labute approximate surface area is 106 Å². The molecule has 1 aromatic carbocycles. The van der Waals surface area contributed by atoms with E-state index in [4.69, 9.17) is 33.2 Å². The van der Waals surface area contributed by atoms with Crippen LogP contribution in [0.1, 0.15) is 20.3 Å². The van der Waals surface area contributed by atoms with Crippen molar-refractivity contribution in [3.8, 4) is 11.8 Å². The minimum absolute atomic E-state index is 0.384. The largest absolute Gasteiger partial charge is 0.492 e. The van der Waals surface area contributed by atoms with Crippen LogP contribution in [0.15, 0.2) is 18.2 Å². The smallest absolute Gasteiger partial charge is 0.139 e. The fourth-order valence-corrected chi connectivity index (χ4v) is 1.39. The number of hydrogen-bond acceptors (Lipinski definition) is 2. The molecule has 0 fully saturated rings. The quantitative estimate of drug-likeness (QED) is 0.806. The van der Waals surface area contributed by atoms with Crippen molar-refractivity contribution in [3.05, 3.63) is 28.2 Å². The Morgan fingerprint density at radius 3 is 2.69 bits per heavy atom. The van der Waals surface area contributed by atoms with Gasteiger partial charge in [0.25, 0.3) is 0 Å². The monoisotopic (exact) mass is 257 g/mol. The highest BCUT2D eigenvalue weighted by atomic mass is 35.5. The fraction of sp³-hybridized carbons (Fsp3) is 0.417. The van der Waals surface area contributed by atoms with Gasteiger partial charge in [-0.3, -0.25) is 0 Å². The molecule has 0 atom stereocenters. The average molecular weight is 258 g/mol. The van der Waals surface area contributed by atoms with Crippen molar-refractivity contribution in [3.63, 3.8) is 0 Å². The lowest BCUT2D eigenvalue weighted by Gasteiger charge is -2.15. The molecule has 0 aliphatic carbocycles. The van der Waals surface area contributed by atoms with E-state index in [9.17, 15) is 0 Å². The van der Waals surface area contributed by atoms with Crippen molar-refractivity contribution in [2.75, 3.05) is 6.61 Å². The third kappa shape index (κ3) is 3.92. The number of hydrogen-bond donors (Lipinski definition) is 0. The third-order valence-electron chi connectivity index (χ3n) is 2.18. The van der Waals surface area contributed by atoms with E-state index in [0.29, 0.717) is 28.8 Å². The zero-order valence-electron chi connectivity index (χ0n) is 9.26. The summed E-state index contributed by atoms with van der Waals surface area (Å²) in [6, 6.07) is 7.28. The molecule has 4 heteroatoms. The van der Waals surface area contributed by atoms with Gasteiger partial charge in [0.15, 0.2) is 0 Å². The van der Waals surface area contributed by atoms with Crippen molar-refractivity contribution in [1.82, 2.24) is 0 Å². The first kappa shape index (κ1) is 13.2. The highest BCUT2D eigenvalue weighted by Gasteiger charge is 2.16. The van der Waals surface area contributed by atoms with Gasteiger partial charge in [-0.05, 0) is 32.4 Å². The summed E-state index contributed by atoms with van der Waals surface area (Å²) in [6.07, 6.45) is 0.645. The molecule has 0 N–H and O–H groups in total. The van der Waals surface area contributed by atoms with Crippen LogP contribution < -0.4 is 4.74 Å². The van der Waals surface area contributed by atoms with Crippen LogP contribution in [-0.4, -0.2) is 6.61 Å². The zero-order chi connectivity index (χ0) is 12.2. The van der Waals surface area contributed by atoms with Gasteiger partial charge in [0.1, 0.15) is 5.75 Å². The molecule has 0 heterocycles. The minimum atomic E-state index is -0.384. The van der Waals surface area contributed by atoms with Gasteiger partial charge in [-0.25, -0.2) is 0 Å². The molecule has 0 saturated carbocycles. The molecule has 0 aromatic heterocycles. The summed E-state index contributed by atoms with van der Waals surface area (Å²) in [5, 5.41) is 9.95. The van der Waals surface area contributed by atoms with Gasteiger partial charge in [-0.1, -0.05) is 23.2 Å². The van der Waals surface area contributed by atoms with Crippen LogP contribution in [0, 0.1) is 16.7 Å². The van der Waals surface area contributed by atoms with Gasteiger partial charge in [0.2, 0.25) is 0 Å². The molecular formula is C12H13Cl2NO. The van der Waals surface area contributed by atoms with Crippen LogP contribution in [-0.2, 0) is 0 Å². The van der Waals surface area contributed by atoms with Crippen LogP contribution >= 0.6 is 23.2 Å². The Hall–Kier alpha value is -0.910. The molecular weight excluding hydrogens is 245 g/mol. The first-order chi connectivity index (χ1) is 7.44. The maximum atomic E-state index is 8.84. The van der Waals surface area contributed by atoms with Gasteiger partial charge in [-0.2, -0.15) is 5.26 Å². The van der Waals surface area contributed by atoms with Crippen molar-refractivity contribution in [1.29, 1.82) is 5.26 Å². The summed E-state index contributed by atoms with van der Waals surface area (Å²) in [5.74, 6) is 0.558. The lowest BCUT2D eigenvalue weighted by molar-refractivity contribution is 0.264. The molecule has 1 aromatic rings. The lowest BCUT2D eigenvalue weighted by atomic mass is 9.92. The van der Waals surface area contributed by atoms with E-state index in [1.54, 1.807) is 18.2 Å². The van der Waals surface area contributed by atoms with Gasteiger partial charge >= 0.3 is 0 Å². The summed E-state index contributed by atoms with van der Waals surface area (Å²) in [7, 11) is 0. The van der Waals surface area contributed by atoms with Gasteiger partial charge in [0.05, 0.1) is 23.1 Å². The second-order valence-electron chi connectivity index (χ2n) is 4.17. The Morgan fingerprint density at radius 1 is 1.38 bits per heavy atom. The van der Waals surface area contributed by atoms with Crippen molar-refractivity contribution < 1.29 is 4.74 Å². The number of ether oxygens (including phenoxy) is 1. The van der Waals surface area contributed by atoms with Crippen molar-refractivity contribution in [2.24, 2.45) is 5.41 Å². The predicted molar refractivity (Wildman–Crippen MR) is 66.0 cm³/mol. The first-order valence-corrected chi connectivity index (χ1v) is 5.69. The first-order valence-electron chi connectivity index (χ1n) is 4.94. The normalized spacial score (nSPS) is 10.9. The van der Waals surface area contributed by atoms with E-state index < -0.39 is 0 Å². The molecule has 0 aliphatic heterocycles. The number of rotatable bonds is 4. The average Bonchev–Trinajstić information content (AvgIpc) is 2.23. The van der Waals surface area contributed by atoms with Crippen LogP contribution in [0.5, 0.6) is 5.75 Å². The van der Waals surface area contributed by atoms with Crippen molar-refractivity contribution >= 4 is 23.2 Å². The molecule has 1 rings (SSSR count). The van der Waals surface area contributed by atoms with E-state index in [1.807, 2.05) is 13.8 Å². The van der Waals surface area contributed by atoms with Crippen LogP contribution in [0.4, 0.5) is 0 Å². The maximum Gasteiger partial charge on any atom is 0.139 e. The van der Waals surface area contributed by atoms with Crippen molar-refractivity contribution in [2.45, 2.75) is 20.3 Å². The van der Waals surface area contributed by atoms with E-state index >= 15 is 0 Å². The molecule has 16 heavy (non-hydrogen) atoms. The topological polar surface area (TPSA) is 33.0 Å². The fourth-order valence-electron chi connectivity index (χ4n) is 1.06. The second kappa shape index (κ2) is 5.43. The predicted octanol–water partition coefficient (Wildman–Crippen LogP) is 4.31. The van der Waals surface area contributed by atoms with E-state index in [0.717, 1.165) is 0 Å². The Morgan fingerprint density at radius 2 is 2.06 bits per heavy atom. The second-order valence-corrected chi connectivity index (χ2v) is 5.01. The maximum absolute atomic E-state index is 8.84. The summed E-state index contributed by atoms with van der Waals surface area (Å²) in [6.45, 7) is 4.19.